The van der Waals surface area contributed by atoms with Gasteiger partial charge in [-0.15, -0.1) is 0 Å². The Hall–Kier alpha value is -1.82. The van der Waals surface area contributed by atoms with E-state index >= 15 is 0 Å². The number of hydrogen-bond donors (Lipinski definition) is 0. The third-order valence-electron chi connectivity index (χ3n) is 4.53. The van der Waals surface area contributed by atoms with Gasteiger partial charge in [0.15, 0.2) is 0 Å². The fraction of sp³-hybridized carbons (Fsp3) is 0.222. The van der Waals surface area contributed by atoms with Crippen molar-refractivity contribution >= 4 is 5.57 Å². The monoisotopic (exact) mass is 232 g/mol. The van der Waals surface area contributed by atoms with Crippen LogP contribution in [0.2, 0.25) is 0 Å². The molecule has 0 saturated heterocycles. The van der Waals surface area contributed by atoms with E-state index in [1.54, 1.807) is 0 Å². The van der Waals surface area contributed by atoms with E-state index < -0.39 is 0 Å². The summed E-state index contributed by atoms with van der Waals surface area (Å²) in [5, 5.41) is 0. The predicted octanol–water partition coefficient (Wildman–Crippen LogP) is 4.45. The van der Waals surface area contributed by atoms with Gasteiger partial charge in [0.1, 0.15) is 0 Å². The molecule has 1 spiro atoms. The first-order valence-electron chi connectivity index (χ1n) is 6.65. The van der Waals surface area contributed by atoms with Crippen LogP contribution in [0.1, 0.15) is 17.5 Å². The number of aryl methyl sites for hydroxylation is 1. The molecule has 0 heterocycles. The first-order valence-corrected chi connectivity index (χ1v) is 6.65. The first-order chi connectivity index (χ1) is 8.79. The summed E-state index contributed by atoms with van der Waals surface area (Å²) in [7, 11) is 0. The largest absolute Gasteiger partial charge is 0.0733 e. The van der Waals surface area contributed by atoms with Crippen molar-refractivity contribution in [1.82, 2.24) is 0 Å². The Morgan fingerprint density at radius 1 is 1.17 bits per heavy atom. The molecule has 0 nitrogen and oxygen atoms in total. The maximum Gasteiger partial charge on any atom is 0.0205 e. The molecule has 88 valence electrons. The molecule has 0 aromatic heterocycles. The highest BCUT2D eigenvalue weighted by molar-refractivity contribution is 5.81. The fourth-order valence-corrected chi connectivity index (χ4v) is 3.35. The van der Waals surface area contributed by atoms with Crippen LogP contribution in [0.25, 0.3) is 5.57 Å². The van der Waals surface area contributed by atoms with Crippen molar-refractivity contribution < 1.29 is 0 Å². The molecule has 1 saturated carbocycles. The quantitative estimate of drug-likeness (QED) is 0.671. The molecule has 2 atom stereocenters. The van der Waals surface area contributed by atoms with Crippen LogP contribution < -0.4 is 0 Å². The lowest BCUT2D eigenvalue weighted by molar-refractivity contribution is 0.740. The zero-order valence-electron chi connectivity index (χ0n) is 10.6. The molecule has 0 bridgehead atoms. The molecular formula is C18H16. The number of hydrogen-bond acceptors (Lipinski definition) is 0. The molecule has 2 unspecified atom stereocenters. The SMILES string of the molecule is Cc1ccccc1C1=CC2CC23C=CC=CC3=C1. The summed E-state index contributed by atoms with van der Waals surface area (Å²) < 4.78 is 0. The standard InChI is InChI=1S/C18H16/c1-13-6-2-3-8-17(13)14-10-15-7-4-5-9-18(15)12-16(18)11-14/h2-11,16H,12H2,1H3. The lowest BCUT2D eigenvalue weighted by Crippen LogP contribution is -2.08. The minimum atomic E-state index is 0.362. The molecule has 3 aliphatic rings. The zero-order chi connectivity index (χ0) is 12.2. The third-order valence-corrected chi connectivity index (χ3v) is 4.53. The van der Waals surface area contributed by atoms with E-state index in [0.29, 0.717) is 11.3 Å². The maximum absolute atomic E-state index is 2.47. The van der Waals surface area contributed by atoms with E-state index in [9.17, 15) is 0 Å². The van der Waals surface area contributed by atoms with E-state index in [-0.39, 0.29) is 0 Å². The van der Waals surface area contributed by atoms with E-state index in [1.807, 2.05) is 0 Å². The van der Waals surface area contributed by atoms with Crippen molar-refractivity contribution in [3.8, 4) is 0 Å². The van der Waals surface area contributed by atoms with Crippen molar-refractivity contribution in [1.29, 1.82) is 0 Å². The highest BCUT2D eigenvalue weighted by atomic mass is 14.6. The summed E-state index contributed by atoms with van der Waals surface area (Å²) in [6.07, 6.45) is 15.2. The molecule has 1 aromatic rings. The Morgan fingerprint density at radius 3 is 2.94 bits per heavy atom. The third kappa shape index (κ3) is 1.26. The molecule has 1 fully saturated rings. The molecule has 3 aliphatic carbocycles. The average molecular weight is 232 g/mol. The summed E-state index contributed by atoms with van der Waals surface area (Å²) in [5.74, 6) is 0.716. The van der Waals surface area contributed by atoms with E-state index in [1.165, 1.54) is 28.7 Å². The summed E-state index contributed by atoms with van der Waals surface area (Å²) in [6.45, 7) is 2.19. The van der Waals surface area contributed by atoms with Gasteiger partial charge in [0.05, 0.1) is 0 Å². The Morgan fingerprint density at radius 2 is 2.06 bits per heavy atom. The normalized spacial score (nSPS) is 31.3. The van der Waals surface area contributed by atoms with Crippen molar-refractivity contribution in [2.24, 2.45) is 11.3 Å². The van der Waals surface area contributed by atoms with Crippen molar-refractivity contribution in [2.75, 3.05) is 0 Å². The maximum atomic E-state index is 2.47. The van der Waals surface area contributed by atoms with Crippen LogP contribution in [-0.2, 0) is 0 Å². The van der Waals surface area contributed by atoms with Gasteiger partial charge in [-0.3, -0.25) is 0 Å². The van der Waals surface area contributed by atoms with Gasteiger partial charge in [0.2, 0.25) is 0 Å². The average Bonchev–Trinajstić information content (AvgIpc) is 3.10. The second-order valence-corrected chi connectivity index (χ2v) is 5.61. The zero-order valence-corrected chi connectivity index (χ0v) is 10.6. The number of benzene rings is 1. The van der Waals surface area contributed by atoms with Gasteiger partial charge in [0.25, 0.3) is 0 Å². The Labute approximate surface area is 108 Å². The molecule has 18 heavy (non-hydrogen) atoms. The van der Waals surface area contributed by atoms with Gasteiger partial charge in [-0.2, -0.15) is 0 Å². The number of allylic oxidation sites excluding steroid dienone is 8. The first kappa shape index (κ1) is 10.1. The second-order valence-electron chi connectivity index (χ2n) is 5.61. The van der Waals surface area contributed by atoms with Crippen molar-refractivity contribution in [3.05, 3.63) is 77.4 Å². The molecule has 0 amide bonds. The molecule has 1 aromatic carbocycles. The van der Waals surface area contributed by atoms with Crippen molar-refractivity contribution in [2.45, 2.75) is 13.3 Å². The highest BCUT2D eigenvalue weighted by Crippen LogP contribution is 2.64. The van der Waals surface area contributed by atoms with Crippen LogP contribution in [0.3, 0.4) is 0 Å². The Bertz CT molecular complexity index is 640. The van der Waals surface area contributed by atoms with E-state index in [2.05, 4.69) is 67.6 Å². The minimum Gasteiger partial charge on any atom is -0.0733 e. The van der Waals surface area contributed by atoms with Gasteiger partial charge in [-0.25, -0.2) is 0 Å². The predicted molar refractivity (Wildman–Crippen MR) is 76.1 cm³/mol. The topological polar surface area (TPSA) is 0 Å². The van der Waals surface area contributed by atoms with Crippen LogP contribution in [-0.4, -0.2) is 0 Å². The molecule has 0 heteroatoms. The van der Waals surface area contributed by atoms with E-state index in [0.717, 1.165) is 0 Å². The molecule has 0 aliphatic heterocycles. The second kappa shape index (κ2) is 3.35. The van der Waals surface area contributed by atoms with Gasteiger partial charge in [0, 0.05) is 5.41 Å². The molecule has 0 N–H and O–H groups in total. The van der Waals surface area contributed by atoms with Crippen LogP contribution in [0.5, 0.6) is 0 Å². The summed E-state index contributed by atoms with van der Waals surface area (Å²) in [4.78, 5) is 0. The summed E-state index contributed by atoms with van der Waals surface area (Å²) in [5.41, 5.74) is 6.01. The van der Waals surface area contributed by atoms with Crippen LogP contribution in [0.15, 0.2) is 66.3 Å². The van der Waals surface area contributed by atoms with Crippen molar-refractivity contribution in [3.63, 3.8) is 0 Å². The highest BCUT2D eigenvalue weighted by Gasteiger charge is 2.54. The summed E-state index contributed by atoms with van der Waals surface area (Å²) in [6, 6.07) is 8.67. The Balaban J connectivity index is 1.82. The van der Waals surface area contributed by atoms with Gasteiger partial charge in [-0.05, 0) is 41.5 Å². The number of rotatable bonds is 1. The minimum absolute atomic E-state index is 0.362. The molecule has 0 radical (unpaired) electrons. The van der Waals surface area contributed by atoms with Gasteiger partial charge in [-0.1, -0.05) is 60.7 Å². The fourth-order valence-electron chi connectivity index (χ4n) is 3.35. The Kier molecular flexibility index (Phi) is 1.89. The van der Waals surface area contributed by atoms with Gasteiger partial charge >= 0.3 is 0 Å². The van der Waals surface area contributed by atoms with Gasteiger partial charge < -0.3 is 0 Å². The van der Waals surface area contributed by atoms with E-state index in [4.69, 9.17) is 0 Å². The summed E-state index contributed by atoms with van der Waals surface area (Å²) >= 11 is 0. The smallest absolute Gasteiger partial charge is 0.0205 e. The van der Waals surface area contributed by atoms with Crippen LogP contribution in [0.4, 0.5) is 0 Å². The molecule has 4 rings (SSSR count). The van der Waals surface area contributed by atoms with Crippen LogP contribution >= 0.6 is 0 Å². The molecular weight excluding hydrogens is 216 g/mol. The van der Waals surface area contributed by atoms with Crippen LogP contribution in [0, 0.1) is 18.3 Å². The lowest BCUT2D eigenvalue weighted by atomic mass is 9.82. The lowest BCUT2D eigenvalue weighted by Gasteiger charge is -2.22.